The molecule has 7 heteroatoms. The minimum Gasteiger partial charge on any atom is -0.497 e. The summed E-state index contributed by atoms with van der Waals surface area (Å²) in [5, 5.41) is 15.1. The van der Waals surface area contributed by atoms with Crippen molar-refractivity contribution in [2.75, 3.05) is 17.7 Å². The number of benzene rings is 2. The van der Waals surface area contributed by atoms with Gasteiger partial charge in [0.25, 0.3) is 5.91 Å². The van der Waals surface area contributed by atoms with Crippen LogP contribution in [-0.4, -0.2) is 30.0 Å². The second kappa shape index (κ2) is 8.02. The van der Waals surface area contributed by atoms with Crippen LogP contribution in [-0.2, 0) is 9.59 Å². The van der Waals surface area contributed by atoms with E-state index >= 15 is 0 Å². The number of carbonyl (C=O) groups excluding carboxylic acids is 2. The molecule has 0 spiro atoms. The van der Waals surface area contributed by atoms with Crippen molar-refractivity contribution in [3.05, 3.63) is 66.2 Å². The largest absolute Gasteiger partial charge is 0.497 e. The van der Waals surface area contributed by atoms with Gasteiger partial charge in [-0.25, -0.2) is 0 Å². The molecule has 2 bridgehead atoms. The van der Waals surface area contributed by atoms with Crippen LogP contribution in [0.15, 0.2) is 60.7 Å². The van der Waals surface area contributed by atoms with Crippen LogP contribution in [0.25, 0.3) is 0 Å². The van der Waals surface area contributed by atoms with Crippen LogP contribution < -0.4 is 15.4 Å². The van der Waals surface area contributed by atoms with E-state index in [1.54, 1.807) is 48.5 Å². The topological polar surface area (TPSA) is 105 Å². The molecule has 2 amide bonds. The fraction of sp³-hybridized carbons (Fsp3) is 0.261. The Morgan fingerprint density at radius 2 is 1.57 bits per heavy atom. The van der Waals surface area contributed by atoms with E-state index in [0.29, 0.717) is 29.1 Å². The lowest BCUT2D eigenvalue weighted by Gasteiger charge is -2.23. The molecule has 2 aliphatic rings. The molecule has 4 unspecified atom stereocenters. The summed E-state index contributed by atoms with van der Waals surface area (Å²) in [7, 11) is 1.54. The molecule has 2 aromatic rings. The summed E-state index contributed by atoms with van der Waals surface area (Å²) in [5.74, 6) is -2.24. The van der Waals surface area contributed by atoms with Gasteiger partial charge in [-0.3, -0.25) is 14.4 Å². The van der Waals surface area contributed by atoms with Gasteiger partial charge in [-0.15, -0.1) is 0 Å². The quantitative estimate of drug-likeness (QED) is 0.638. The van der Waals surface area contributed by atoms with Gasteiger partial charge in [0.1, 0.15) is 5.75 Å². The fourth-order valence-electron chi connectivity index (χ4n) is 4.35. The van der Waals surface area contributed by atoms with Crippen LogP contribution in [0.2, 0.25) is 0 Å². The van der Waals surface area contributed by atoms with Gasteiger partial charge >= 0.3 is 5.97 Å². The van der Waals surface area contributed by atoms with E-state index in [4.69, 9.17) is 4.74 Å². The number of allylic oxidation sites excluding steroid dienone is 2. The lowest BCUT2D eigenvalue weighted by Crippen LogP contribution is -2.36. The second-order valence-electron chi connectivity index (χ2n) is 7.59. The number of fused-ring (bicyclic) bond motifs is 2. The standard InChI is InChI=1S/C23H22N2O5/c1-30-18-4-2-3-15(12-18)21(26)24-16-7-9-17(10-8-16)25-22(27)19-13-5-6-14(11-13)20(19)23(28)29/h2-10,12-14,19-20H,11H2,1H3,(H,24,26)(H,25,27)(H,28,29). The normalized spacial score (nSPS) is 23.8. The molecular formula is C23H22N2O5. The number of carboxylic acids is 1. The number of amides is 2. The summed E-state index contributed by atoms with van der Waals surface area (Å²) in [5.41, 5.74) is 1.60. The number of hydrogen-bond donors (Lipinski definition) is 3. The van der Waals surface area contributed by atoms with Crippen molar-refractivity contribution in [3.8, 4) is 5.75 Å². The highest BCUT2D eigenvalue weighted by atomic mass is 16.5. The van der Waals surface area contributed by atoms with Gasteiger partial charge in [0, 0.05) is 16.9 Å². The van der Waals surface area contributed by atoms with Crippen molar-refractivity contribution in [3.63, 3.8) is 0 Å². The Morgan fingerprint density at radius 3 is 2.20 bits per heavy atom. The maximum atomic E-state index is 12.7. The van der Waals surface area contributed by atoms with Gasteiger partial charge in [-0.1, -0.05) is 18.2 Å². The second-order valence-corrected chi connectivity index (χ2v) is 7.59. The van der Waals surface area contributed by atoms with Gasteiger partial charge < -0.3 is 20.5 Å². The molecule has 4 rings (SSSR count). The average Bonchev–Trinajstić information content (AvgIpc) is 3.37. The highest BCUT2D eigenvalue weighted by Crippen LogP contribution is 2.48. The predicted octanol–water partition coefficient (Wildman–Crippen LogP) is 3.41. The van der Waals surface area contributed by atoms with Crippen LogP contribution in [0.1, 0.15) is 16.8 Å². The van der Waals surface area contributed by atoms with Crippen LogP contribution in [0.3, 0.4) is 0 Å². The number of aliphatic carboxylic acids is 1. The summed E-state index contributed by atoms with van der Waals surface area (Å²) in [4.78, 5) is 36.7. The third-order valence-electron chi connectivity index (χ3n) is 5.79. The third kappa shape index (κ3) is 3.78. The van der Waals surface area contributed by atoms with Crippen molar-refractivity contribution in [2.45, 2.75) is 6.42 Å². The molecule has 1 fully saturated rings. The van der Waals surface area contributed by atoms with E-state index in [-0.39, 0.29) is 23.7 Å². The van der Waals surface area contributed by atoms with Gasteiger partial charge in [0.05, 0.1) is 18.9 Å². The monoisotopic (exact) mass is 406 g/mol. The number of carboxylic acid groups (broad SMARTS) is 1. The molecule has 0 heterocycles. The van der Waals surface area contributed by atoms with Gasteiger partial charge in [-0.2, -0.15) is 0 Å². The van der Waals surface area contributed by atoms with Crippen molar-refractivity contribution in [1.29, 1.82) is 0 Å². The number of nitrogens with one attached hydrogen (secondary N) is 2. The Hall–Kier alpha value is -3.61. The highest BCUT2D eigenvalue weighted by Gasteiger charge is 2.51. The van der Waals surface area contributed by atoms with Crippen LogP contribution in [0, 0.1) is 23.7 Å². The molecule has 0 aliphatic heterocycles. The maximum Gasteiger partial charge on any atom is 0.307 e. The van der Waals surface area contributed by atoms with Crippen molar-refractivity contribution in [1.82, 2.24) is 0 Å². The Bertz CT molecular complexity index is 1010. The Labute approximate surface area is 173 Å². The number of anilines is 2. The molecule has 2 aromatic carbocycles. The number of ether oxygens (including phenoxy) is 1. The van der Waals surface area contributed by atoms with Crippen molar-refractivity contribution in [2.24, 2.45) is 23.7 Å². The number of hydrogen-bond acceptors (Lipinski definition) is 4. The summed E-state index contributed by atoms with van der Waals surface area (Å²) in [6.07, 6.45) is 4.57. The zero-order chi connectivity index (χ0) is 21.3. The van der Waals surface area contributed by atoms with Gasteiger partial charge in [0.2, 0.25) is 5.91 Å². The minimum atomic E-state index is -0.928. The van der Waals surface area contributed by atoms with E-state index in [0.717, 1.165) is 0 Å². The molecule has 7 nitrogen and oxygen atoms in total. The molecule has 0 saturated heterocycles. The molecule has 1 saturated carbocycles. The summed E-state index contributed by atoms with van der Waals surface area (Å²) in [6.45, 7) is 0. The maximum absolute atomic E-state index is 12.7. The number of carbonyl (C=O) groups is 3. The van der Waals surface area contributed by atoms with Crippen molar-refractivity contribution >= 4 is 29.2 Å². The molecule has 4 atom stereocenters. The molecule has 154 valence electrons. The Morgan fingerprint density at radius 1 is 0.933 bits per heavy atom. The molecule has 2 aliphatic carbocycles. The van der Waals surface area contributed by atoms with Gasteiger partial charge in [-0.05, 0) is 60.7 Å². The zero-order valence-electron chi connectivity index (χ0n) is 16.4. The van der Waals surface area contributed by atoms with Crippen LogP contribution in [0.5, 0.6) is 5.75 Å². The zero-order valence-corrected chi connectivity index (χ0v) is 16.4. The van der Waals surface area contributed by atoms with E-state index in [1.807, 2.05) is 12.2 Å². The molecule has 0 radical (unpaired) electrons. The fourth-order valence-corrected chi connectivity index (χ4v) is 4.35. The van der Waals surface area contributed by atoms with Crippen LogP contribution >= 0.6 is 0 Å². The smallest absolute Gasteiger partial charge is 0.307 e. The predicted molar refractivity (Wildman–Crippen MR) is 111 cm³/mol. The molecular weight excluding hydrogens is 384 g/mol. The Kier molecular flexibility index (Phi) is 5.27. The minimum absolute atomic E-state index is 0.0301. The highest BCUT2D eigenvalue weighted by molar-refractivity contribution is 6.04. The Balaban J connectivity index is 1.40. The molecule has 3 N–H and O–H groups in total. The first kappa shape index (κ1) is 19.7. The van der Waals surface area contributed by atoms with E-state index in [9.17, 15) is 19.5 Å². The first-order valence-electron chi connectivity index (χ1n) is 9.73. The van der Waals surface area contributed by atoms with E-state index < -0.39 is 17.8 Å². The average molecular weight is 406 g/mol. The summed E-state index contributed by atoms with van der Waals surface area (Å²) < 4.78 is 5.13. The third-order valence-corrected chi connectivity index (χ3v) is 5.79. The summed E-state index contributed by atoms with van der Waals surface area (Å²) >= 11 is 0. The lowest BCUT2D eigenvalue weighted by molar-refractivity contribution is -0.146. The molecule has 0 aromatic heterocycles. The lowest BCUT2D eigenvalue weighted by atomic mass is 9.82. The summed E-state index contributed by atoms with van der Waals surface area (Å²) in [6, 6.07) is 13.6. The van der Waals surface area contributed by atoms with Crippen LogP contribution in [0.4, 0.5) is 11.4 Å². The molecule has 30 heavy (non-hydrogen) atoms. The van der Waals surface area contributed by atoms with Crippen molar-refractivity contribution < 1.29 is 24.2 Å². The van der Waals surface area contributed by atoms with E-state index in [2.05, 4.69) is 10.6 Å². The number of rotatable bonds is 6. The first-order valence-corrected chi connectivity index (χ1v) is 9.73. The SMILES string of the molecule is COc1cccc(C(=O)Nc2ccc(NC(=O)C3C4C=CC(C4)C3C(=O)O)cc2)c1. The van der Waals surface area contributed by atoms with Gasteiger partial charge in [0.15, 0.2) is 0 Å². The first-order chi connectivity index (χ1) is 14.5. The van der Waals surface area contributed by atoms with E-state index in [1.165, 1.54) is 7.11 Å². The number of methoxy groups -OCH3 is 1.